The Morgan fingerprint density at radius 3 is 3.00 bits per heavy atom. The summed E-state index contributed by atoms with van der Waals surface area (Å²) in [5.74, 6) is 0.247. The fourth-order valence-corrected chi connectivity index (χ4v) is 2.71. The second-order valence-electron chi connectivity index (χ2n) is 5.21. The number of hydrogen-bond donors (Lipinski definition) is 2. The highest BCUT2D eigenvalue weighted by molar-refractivity contribution is 6.30. The molecule has 1 heterocycles. The van der Waals surface area contributed by atoms with Gasteiger partial charge < -0.3 is 10.4 Å². The molecule has 4 heteroatoms. The minimum Gasteiger partial charge on any atom is -0.388 e. The number of aliphatic hydroxyl groups is 1. The van der Waals surface area contributed by atoms with E-state index in [1.807, 2.05) is 0 Å². The number of piperidine rings is 1. The quantitative estimate of drug-likeness (QED) is 0.884. The molecular weight excluding hydrogens is 253 g/mol. The number of nitrogens with one attached hydrogen (secondary N) is 1. The molecule has 2 rings (SSSR count). The van der Waals surface area contributed by atoms with Crippen molar-refractivity contribution >= 4 is 11.6 Å². The lowest BCUT2D eigenvalue weighted by molar-refractivity contribution is 0.138. The minimum absolute atomic E-state index is 0.0662. The number of rotatable bonds is 3. The van der Waals surface area contributed by atoms with Crippen LogP contribution < -0.4 is 5.32 Å². The van der Waals surface area contributed by atoms with Crippen molar-refractivity contribution in [3.05, 3.63) is 34.6 Å². The zero-order valence-corrected chi connectivity index (χ0v) is 11.3. The summed E-state index contributed by atoms with van der Waals surface area (Å²) in [7, 11) is 0. The molecule has 1 aromatic carbocycles. The van der Waals surface area contributed by atoms with E-state index in [2.05, 4.69) is 12.2 Å². The molecule has 100 valence electrons. The standard InChI is InChI=1S/C14H19ClFNO/c1-9-4-5-17-11(6-9)8-14(18)10-2-3-13(16)12(15)7-10/h2-3,7,9,11,14,17-18H,4-6,8H2,1H3. The van der Waals surface area contributed by atoms with Gasteiger partial charge in [0.05, 0.1) is 11.1 Å². The van der Waals surface area contributed by atoms with Gasteiger partial charge in [-0.1, -0.05) is 24.6 Å². The van der Waals surface area contributed by atoms with E-state index in [1.165, 1.54) is 18.6 Å². The predicted molar refractivity (Wildman–Crippen MR) is 71.2 cm³/mol. The number of aliphatic hydroxyl groups excluding tert-OH is 1. The van der Waals surface area contributed by atoms with Crippen LogP contribution in [0.3, 0.4) is 0 Å². The van der Waals surface area contributed by atoms with Crippen molar-refractivity contribution in [2.75, 3.05) is 6.54 Å². The zero-order valence-electron chi connectivity index (χ0n) is 10.5. The lowest BCUT2D eigenvalue weighted by Gasteiger charge is -2.29. The van der Waals surface area contributed by atoms with Gasteiger partial charge in [0, 0.05) is 6.04 Å². The van der Waals surface area contributed by atoms with Crippen molar-refractivity contribution in [1.29, 1.82) is 0 Å². The van der Waals surface area contributed by atoms with Crippen LogP contribution >= 0.6 is 11.6 Å². The van der Waals surface area contributed by atoms with Gasteiger partial charge in [0.2, 0.25) is 0 Å². The predicted octanol–water partition coefficient (Wildman–Crippen LogP) is 3.29. The summed E-state index contributed by atoms with van der Waals surface area (Å²) in [4.78, 5) is 0. The van der Waals surface area contributed by atoms with Gasteiger partial charge in [-0.05, 0) is 49.4 Å². The molecule has 3 unspecified atom stereocenters. The molecule has 1 saturated heterocycles. The molecule has 0 amide bonds. The van der Waals surface area contributed by atoms with Crippen LogP contribution in [0.2, 0.25) is 5.02 Å². The van der Waals surface area contributed by atoms with E-state index >= 15 is 0 Å². The third kappa shape index (κ3) is 3.44. The van der Waals surface area contributed by atoms with E-state index < -0.39 is 11.9 Å². The van der Waals surface area contributed by atoms with Crippen molar-refractivity contribution in [3.8, 4) is 0 Å². The van der Waals surface area contributed by atoms with Crippen molar-refractivity contribution in [1.82, 2.24) is 5.32 Å². The second kappa shape index (κ2) is 6.00. The normalized spacial score (nSPS) is 26.0. The van der Waals surface area contributed by atoms with Crippen LogP contribution in [0.5, 0.6) is 0 Å². The first-order chi connectivity index (χ1) is 8.56. The van der Waals surface area contributed by atoms with Gasteiger partial charge in [-0.15, -0.1) is 0 Å². The molecule has 1 aliphatic heterocycles. The average Bonchev–Trinajstić information content (AvgIpc) is 2.32. The van der Waals surface area contributed by atoms with Crippen LogP contribution in [-0.4, -0.2) is 17.7 Å². The van der Waals surface area contributed by atoms with Gasteiger partial charge in [0.15, 0.2) is 0 Å². The Hall–Kier alpha value is -0.640. The maximum atomic E-state index is 13.0. The monoisotopic (exact) mass is 271 g/mol. The first-order valence-electron chi connectivity index (χ1n) is 6.42. The molecule has 0 radical (unpaired) electrons. The van der Waals surface area contributed by atoms with E-state index in [9.17, 15) is 9.50 Å². The van der Waals surface area contributed by atoms with Gasteiger partial charge in [0.25, 0.3) is 0 Å². The third-order valence-corrected chi connectivity index (χ3v) is 3.88. The Labute approximate surface area is 112 Å². The number of halogens is 2. The average molecular weight is 272 g/mol. The van der Waals surface area contributed by atoms with Gasteiger partial charge in [-0.2, -0.15) is 0 Å². The third-order valence-electron chi connectivity index (χ3n) is 3.59. The molecule has 0 spiro atoms. The molecule has 1 aliphatic rings. The van der Waals surface area contributed by atoms with E-state index in [0.29, 0.717) is 23.9 Å². The second-order valence-corrected chi connectivity index (χ2v) is 5.61. The van der Waals surface area contributed by atoms with Crippen LogP contribution in [0.15, 0.2) is 18.2 Å². The lowest BCUT2D eigenvalue weighted by Crippen LogP contribution is -2.38. The first-order valence-corrected chi connectivity index (χ1v) is 6.80. The maximum absolute atomic E-state index is 13.0. The lowest BCUT2D eigenvalue weighted by atomic mass is 9.90. The summed E-state index contributed by atoms with van der Waals surface area (Å²) in [5.41, 5.74) is 0.682. The van der Waals surface area contributed by atoms with Crippen LogP contribution in [0.1, 0.15) is 37.9 Å². The van der Waals surface area contributed by atoms with Crippen molar-refractivity contribution in [2.24, 2.45) is 5.92 Å². The van der Waals surface area contributed by atoms with E-state index in [4.69, 9.17) is 11.6 Å². The molecule has 0 aliphatic carbocycles. The van der Waals surface area contributed by atoms with Crippen molar-refractivity contribution < 1.29 is 9.50 Å². The first kappa shape index (κ1) is 13.8. The molecule has 0 bridgehead atoms. The highest BCUT2D eigenvalue weighted by Crippen LogP contribution is 2.26. The summed E-state index contributed by atoms with van der Waals surface area (Å²) >= 11 is 5.72. The van der Waals surface area contributed by atoms with Crippen LogP contribution in [0.4, 0.5) is 4.39 Å². The Balaban J connectivity index is 1.98. The van der Waals surface area contributed by atoms with Crippen LogP contribution in [0.25, 0.3) is 0 Å². The van der Waals surface area contributed by atoms with Gasteiger partial charge in [-0.25, -0.2) is 4.39 Å². The summed E-state index contributed by atoms with van der Waals surface area (Å²) in [6.07, 6.45) is 2.32. The van der Waals surface area contributed by atoms with Gasteiger partial charge in [-0.3, -0.25) is 0 Å². The van der Waals surface area contributed by atoms with Gasteiger partial charge in [0.1, 0.15) is 5.82 Å². The summed E-state index contributed by atoms with van der Waals surface area (Å²) in [6.45, 7) is 3.23. The van der Waals surface area contributed by atoms with E-state index in [-0.39, 0.29) is 5.02 Å². The van der Waals surface area contributed by atoms with E-state index in [1.54, 1.807) is 6.07 Å². The summed E-state index contributed by atoms with van der Waals surface area (Å²) < 4.78 is 13.0. The highest BCUT2D eigenvalue weighted by Gasteiger charge is 2.22. The topological polar surface area (TPSA) is 32.3 Å². The van der Waals surface area contributed by atoms with E-state index in [0.717, 1.165) is 13.0 Å². The molecule has 18 heavy (non-hydrogen) atoms. The summed E-state index contributed by atoms with van der Waals surface area (Å²) in [6, 6.07) is 4.73. The zero-order chi connectivity index (χ0) is 13.1. The smallest absolute Gasteiger partial charge is 0.141 e. The van der Waals surface area contributed by atoms with Crippen molar-refractivity contribution in [3.63, 3.8) is 0 Å². The molecule has 0 aromatic heterocycles. The molecule has 3 atom stereocenters. The van der Waals surface area contributed by atoms with Crippen LogP contribution in [0, 0.1) is 11.7 Å². The Kier molecular flexibility index (Phi) is 4.60. The SMILES string of the molecule is CC1CCNC(CC(O)c2ccc(F)c(Cl)c2)C1. The fraction of sp³-hybridized carbons (Fsp3) is 0.571. The Bertz CT molecular complexity index is 413. The molecule has 1 aromatic rings. The molecule has 2 N–H and O–H groups in total. The van der Waals surface area contributed by atoms with Crippen molar-refractivity contribution in [2.45, 2.75) is 38.3 Å². The fourth-order valence-electron chi connectivity index (χ4n) is 2.53. The molecule has 0 saturated carbocycles. The molecule has 1 fully saturated rings. The summed E-state index contributed by atoms with van der Waals surface area (Å²) in [5, 5.41) is 13.6. The number of hydrogen-bond acceptors (Lipinski definition) is 2. The molecule has 2 nitrogen and oxygen atoms in total. The maximum Gasteiger partial charge on any atom is 0.141 e. The van der Waals surface area contributed by atoms with Crippen LogP contribution in [-0.2, 0) is 0 Å². The largest absolute Gasteiger partial charge is 0.388 e. The minimum atomic E-state index is -0.592. The van der Waals surface area contributed by atoms with Gasteiger partial charge >= 0.3 is 0 Å². The highest BCUT2D eigenvalue weighted by atomic mass is 35.5. The Morgan fingerprint density at radius 2 is 2.33 bits per heavy atom. The Morgan fingerprint density at radius 1 is 1.56 bits per heavy atom. The number of benzene rings is 1. The molecular formula is C14H19ClFNO.